The van der Waals surface area contributed by atoms with Crippen molar-refractivity contribution >= 4 is 0 Å². The van der Waals surface area contributed by atoms with E-state index in [2.05, 4.69) is 14.5 Å². The molecule has 0 spiro atoms. The highest BCUT2D eigenvalue weighted by molar-refractivity contribution is 5.81. The predicted octanol–water partition coefficient (Wildman–Crippen LogP) is 5.71. The van der Waals surface area contributed by atoms with Gasteiger partial charge in [0.05, 0.1) is 18.0 Å². The van der Waals surface area contributed by atoms with Crippen molar-refractivity contribution in [1.29, 1.82) is 0 Å². The monoisotopic (exact) mass is 429 g/mol. The molecule has 1 N–H and O–H groups in total. The third kappa shape index (κ3) is 5.63. The first kappa shape index (κ1) is 21.4. The fourth-order valence-corrected chi connectivity index (χ4v) is 2.74. The van der Waals surface area contributed by atoms with Gasteiger partial charge in [0, 0.05) is 11.1 Å². The Kier molecular flexibility index (Phi) is 5.88. The van der Waals surface area contributed by atoms with E-state index in [1.54, 1.807) is 0 Å². The average molecular weight is 429 g/mol. The van der Waals surface area contributed by atoms with Crippen LogP contribution in [-0.2, 0) is 6.61 Å². The summed E-state index contributed by atoms with van der Waals surface area (Å²) in [6.07, 6.45) is -9.78. The van der Waals surface area contributed by atoms with Gasteiger partial charge >= 0.3 is 12.7 Å². The van der Waals surface area contributed by atoms with Gasteiger partial charge in [-0.15, -0.1) is 26.3 Å². The van der Waals surface area contributed by atoms with E-state index < -0.39 is 30.8 Å². The number of aliphatic hydroxyl groups excluding tert-OH is 1. The molecular weight excluding hydrogens is 416 g/mol. The van der Waals surface area contributed by atoms with Crippen molar-refractivity contribution in [2.75, 3.05) is 0 Å². The Balaban J connectivity index is 2.09. The van der Waals surface area contributed by atoms with Gasteiger partial charge in [-0.05, 0) is 35.9 Å². The molecule has 0 saturated carbocycles. The van der Waals surface area contributed by atoms with Crippen LogP contribution in [0.25, 0.3) is 22.4 Å². The zero-order chi connectivity index (χ0) is 21.9. The number of halogens is 6. The van der Waals surface area contributed by atoms with Crippen LogP contribution in [-0.4, -0.2) is 22.8 Å². The maximum absolute atomic E-state index is 12.5. The standard InChI is InChI=1S/C20H13F6NO3/c21-19(22,23)29-15-5-1-3-12(9-15)17-8-7-14(11-28)27-18(17)13-4-2-6-16(10-13)30-20(24,25)26/h1-10,28H,11H2. The Morgan fingerprint density at radius 1 is 0.733 bits per heavy atom. The molecule has 0 radical (unpaired) electrons. The van der Waals surface area contributed by atoms with Crippen LogP contribution >= 0.6 is 0 Å². The molecule has 1 heterocycles. The van der Waals surface area contributed by atoms with Gasteiger partial charge in [0.25, 0.3) is 0 Å². The second-order valence-electron chi connectivity index (χ2n) is 6.01. The molecule has 0 amide bonds. The molecule has 4 nitrogen and oxygen atoms in total. The highest BCUT2D eigenvalue weighted by Crippen LogP contribution is 2.35. The number of aromatic nitrogens is 1. The van der Waals surface area contributed by atoms with Crippen molar-refractivity contribution in [1.82, 2.24) is 4.98 Å². The van der Waals surface area contributed by atoms with Crippen molar-refractivity contribution in [3.8, 4) is 33.9 Å². The van der Waals surface area contributed by atoms with E-state index in [4.69, 9.17) is 0 Å². The predicted molar refractivity (Wildman–Crippen MR) is 94.4 cm³/mol. The van der Waals surface area contributed by atoms with Crippen molar-refractivity contribution in [2.45, 2.75) is 19.3 Å². The van der Waals surface area contributed by atoms with Gasteiger partial charge in [-0.2, -0.15) is 0 Å². The molecule has 0 fully saturated rings. The van der Waals surface area contributed by atoms with Crippen LogP contribution in [0.15, 0.2) is 60.7 Å². The number of hydrogen-bond donors (Lipinski definition) is 1. The molecule has 1 aromatic heterocycles. The summed E-state index contributed by atoms with van der Waals surface area (Å²) in [6.45, 7) is -0.441. The first-order valence-electron chi connectivity index (χ1n) is 8.37. The molecule has 0 aliphatic rings. The zero-order valence-corrected chi connectivity index (χ0v) is 15.0. The largest absolute Gasteiger partial charge is 0.573 e. The topological polar surface area (TPSA) is 51.6 Å². The van der Waals surface area contributed by atoms with E-state index in [0.29, 0.717) is 5.56 Å². The number of hydrogen-bond acceptors (Lipinski definition) is 4. The third-order valence-corrected chi connectivity index (χ3v) is 3.83. The molecule has 0 bridgehead atoms. The fraction of sp³-hybridized carbons (Fsp3) is 0.150. The quantitative estimate of drug-likeness (QED) is 0.529. The lowest BCUT2D eigenvalue weighted by atomic mass is 9.98. The average Bonchev–Trinajstić information content (AvgIpc) is 2.65. The molecule has 158 valence electrons. The minimum Gasteiger partial charge on any atom is -0.406 e. The molecular formula is C20H13F6NO3. The van der Waals surface area contributed by atoms with Gasteiger partial charge in [-0.3, -0.25) is 0 Å². The van der Waals surface area contributed by atoms with Crippen LogP contribution in [0.3, 0.4) is 0 Å². The molecule has 0 aliphatic carbocycles. The van der Waals surface area contributed by atoms with Crippen LogP contribution in [0.4, 0.5) is 26.3 Å². The molecule has 3 aromatic rings. The number of ether oxygens (including phenoxy) is 2. The summed E-state index contributed by atoms with van der Waals surface area (Å²) in [5, 5.41) is 9.37. The SMILES string of the molecule is OCc1ccc(-c2cccc(OC(F)(F)F)c2)c(-c2cccc(OC(F)(F)F)c2)n1. The smallest absolute Gasteiger partial charge is 0.406 e. The van der Waals surface area contributed by atoms with Crippen molar-refractivity contribution in [2.24, 2.45) is 0 Å². The maximum atomic E-state index is 12.5. The Hall–Kier alpha value is -3.27. The lowest BCUT2D eigenvalue weighted by Gasteiger charge is -2.14. The van der Waals surface area contributed by atoms with Gasteiger partial charge < -0.3 is 14.6 Å². The van der Waals surface area contributed by atoms with E-state index in [0.717, 1.165) is 24.3 Å². The Morgan fingerprint density at radius 2 is 1.27 bits per heavy atom. The van der Waals surface area contributed by atoms with Gasteiger partial charge in [0.1, 0.15) is 11.5 Å². The minimum atomic E-state index is -4.90. The summed E-state index contributed by atoms with van der Waals surface area (Å²) >= 11 is 0. The first-order valence-corrected chi connectivity index (χ1v) is 8.37. The summed E-state index contributed by atoms with van der Waals surface area (Å²) in [5.41, 5.74) is 1.19. The summed E-state index contributed by atoms with van der Waals surface area (Å²) in [4.78, 5) is 4.23. The van der Waals surface area contributed by atoms with Crippen LogP contribution in [0.5, 0.6) is 11.5 Å². The molecule has 0 atom stereocenters. The van der Waals surface area contributed by atoms with Gasteiger partial charge in [-0.1, -0.05) is 30.3 Å². The molecule has 0 saturated heterocycles. The number of rotatable bonds is 5. The summed E-state index contributed by atoms with van der Waals surface area (Å²) < 4.78 is 83.1. The highest BCUT2D eigenvalue weighted by atomic mass is 19.4. The number of aliphatic hydroxyl groups is 1. The number of benzene rings is 2. The second-order valence-corrected chi connectivity index (χ2v) is 6.01. The number of pyridine rings is 1. The van der Waals surface area contributed by atoms with Gasteiger partial charge in [0.15, 0.2) is 0 Å². The zero-order valence-electron chi connectivity index (χ0n) is 15.0. The lowest BCUT2D eigenvalue weighted by Crippen LogP contribution is -2.17. The highest BCUT2D eigenvalue weighted by Gasteiger charge is 2.32. The molecule has 0 unspecified atom stereocenters. The Morgan fingerprint density at radius 3 is 1.80 bits per heavy atom. The van der Waals surface area contributed by atoms with E-state index in [9.17, 15) is 31.4 Å². The molecule has 30 heavy (non-hydrogen) atoms. The number of alkyl halides is 6. The molecule has 10 heteroatoms. The van der Waals surface area contributed by atoms with E-state index in [-0.39, 0.29) is 22.5 Å². The van der Waals surface area contributed by atoms with E-state index in [1.807, 2.05) is 0 Å². The van der Waals surface area contributed by atoms with Crippen molar-refractivity contribution in [3.05, 3.63) is 66.4 Å². The normalized spacial score (nSPS) is 12.0. The van der Waals surface area contributed by atoms with Crippen LogP contribution in [0, 0.1) is 0 Å². The van der Waals surface area contributed by atoms with Gasteiger partial charge in [0.2, 0.25) is 0 Å². The van der Waals surface area contributed by atoms with Crippen molar-refractivity contribution in [3.63, 3.8) is 0 Å². The number of nitrogens with zero attached hydrogens (tertiary/aromatic N) is 1. The molecule has 2 aromatic carbocycles. The first-order chi connectivity index (χ1) is 14.0. The van der Waals surface area contributed by atoms with Gasteiger partial charge in [-0.25, -0.2) is 4.98 Å². The van der Waals surface area contributed by atoms with Crippen LogP contribution in [0.1, 0.15) is 5.69 Å². The third-order valence-electron chi connectivity index (χ3n) is 3.83. The minimum absolute atomic E-state index is 0.151. The second kappa shape index (κ2) is 8.23. The Labute approximate surface area is 166 Å². The maximum Gasteiger partial charge on any atom is 0.573 e. The van der Waals surface area contributed by atoms with Crippen LogP contribution < -0.4 is 9.47 Å². The van der Waals surface area contributed by atoms with Crippen LogP contribution in [0.2, 0.25) is 0 Å². The van der Waals surface area contributed by atoms with Crippen molar-refractivity contribution < 1.29 is 40.9 Å². The molecule has 0 aliphatic heterocycles. The van der Waals surface area contributed by atoms with E-state index in [1.165, 1.54) is 36.4 Å². The summed E-state index contributed by atoms with van der Waals surface area (Å²) in [5.74, 6) is -0.956. The summed E-state index contributed by atoms with van der Waals surface area (Å²) in [7, 11) is 0. The Bertz CT molecular complexity index is 1030. The van der Waals surface area contributed by atoms with E-state index >= 15 is 0 Å². The molecule has 3 rings (SSSR count). The lowest BCUT2D eigenvalue weighted by molar-refractivity contribution is -0.275. The summed E-state index contributed by atoms with van der Waals surface area (Å²) in [6, 6.07) is 13.0. The fourth-order valence-electron chi connectivity index (χ4n) is 2.74.